The number of carbonyl (C=O) groups is 1. The van der Waals surface area contributed by atoms with Crippen LogP contribution in [0.15, 0.2) is 11.6 Å². The monoisotopic (exact) mass is 325 g/mol. The van der Waals surface area contributed by atoms with Crippen LogP contribution in [0.4, 0.5) is 4.79 Å². The molecule has 5 heteroatoms. The van der Waals surface area contributed by atoms with Crippen LogP contribution in [0.1, 0.15) is 53.9 Å². The molecule has 0 aromatic rings. The lowest BCUT2D eigenvalue weighted by molar-refractivity contribution is 0.128. The summed E-state index contributed by atoms with van der Waals surface area (Å²) < 4.78 is 0. The van der Waals surface area contributed by atoms with Crippen molar-refractivity contribution in [2.45, 2.75) is 66.0 Å². The number of hydrogen-bond donors (Lipinski definition) is 3. The van der Waals surface area contributed by atoms with Gasteiger partial charge in [-0.3, -0.25) is 4.90 Å². The van der Waals surface area contributed by atoms with Gasteiger partial charge in [0, 0.05) is 32.2 Å². The second-order valence-corrected chi connectivity index (χ2v) is 7.90. The summed E-state index contributed by atoms with van der Waals surface area (Å²) in [7, 11) is 0. The van der Waals surface area contributed by atoms with Crippen LogP contribution in [0, 0.1) is 5.41 Å². The predicted octanol–water partition coefficient (Wildman–Crippen LogP) is 2.51. The van der Waals surface area contributed by atoms with Gasteiger partial charge < -0.3 is 15.7 Å². The highest BCUT2D eigenvalue weighted by Crippen LogP contribution is 2.21. The summed E-state index contributed by atoms with van der Waals surface area (Å²) >= 11 is 0. The Morgan fingerprint density at radius 2 is 1.96 bits per heavy atom. The number of nitrogens with zero attached hydrogens (tertiary/aromatic N) is 1. The highest BCUT2D eigenvalue weighted by molar-refractivity contribution is 5.74. The molecule has 0 aromatic carbocycles. The molecule has 5 nitrogen and oxygen atoms in total. The average Bonchev–Trinajstić information content (AvgIpc) is 2.43. The van der Waals surface area contributed by atoms with Crippen molar-refractivity contribution in [2.75, 3.05) is 26.2 Å². The summed E-state index contributed by atoms with van der Waals surface area (Å²) in [5.74, 6) is 0. The first-order valence-corrected chi connectivity index (χ1v) is 8.76. The van der Waals surface area contributed by atoms with E-state index in [1.807, 2.05) is 0 Å². The van der Waals surface area contributed by atoms with Gasteiger partial charge in [0.05, 0.1) is 6.10 Å². The van der Waals surface area contributed by atoms with E-state index in [4.69, 9.17) is 0 Å². The first-order valence-electron chi connectivity index (χ1n) is 8.76. The molecule has 0 unspecified atom stereocenters. The topological polar surface area (TPSA) is 64.6 Å². The van der Waals surface area contributed by atoms with E-state index in [9.17, 15) is 9.90 Å². The fourth-order valence-electron chi connectivity index (χ4n) is 3.00. The normalized spacial score (nSPS) is 18.3. The Balaban J connectivity index is 2.25. The minimum atomic E-state index is -0.347. The molecule has 1 aliphatic rings. The van der Waals surface area contributed by atoms with Gasteiger partial charge in [0.15, 0.2) is 0 Å². The molecule has 1 aliphatic heterocycles. The summed E-state index contributed by atoms with van der Waals surface area (Å²) in [6.07, 6.45) is 4.59. The number of urea groups is 1. The number of aliphatic hydroxyl groups excluding tert-OH is 1. The third-order valence-electron chi connectivity index (χ3n) is 4.26. The van der Waals surface area contributed by atoms with Gasteiger partial charge in [0.2, 0.25) is 0 Å². The highest BCUT2D eigenvalue weighted by atomic mass is 16.3. The number of aliphatic hydroxyl groups is 1. The van der Waals surface area contributed by atoms with Crippen molar-refractivity contribution in [2.24, 2.45) is 5.41 Å². The molecule has 1 atom stereocenters. The quantitative estimate of drug-likeness (QED) is 0.630. The van der Waals surface area contributed by atoms with Crippen molar-refractivity contribution >= 4 is 6.03 Å². The maximum atomic E-state index is 12.0. The number of hydrogen-bond acceptors (Lipinski definition) is 3. The number of nitrogens with one attached hydrogen (secondary N) is 2. The number of carbonyl (C=O) groups excluding carboxylic acids is 1. The third kappa shape index (κ3) is 8.96. The largest absolute Gasteiger partial charge is 0.393 e. The standard InChI is InChI=1S/C18H35N3O2/c1-14(2)6-9-21-10-7-16(8-11-21)20-17(23)19-13-18(4,5)12-15(3)22/h6,15-16,22H,7-13H2,1-5H3,(H2,19,20,23)/t15-/m1/s1. The molecule has 3 N–H and O–H groups in total. The van der Waals surface area contributed by atoms with E-state index in [-0.39, 0.29) is 23.6 Å². The molecule has 1 fully saturated rings. The molecular weight excluding hydrogens is 290 g/mol. The van der Waals surface area contributed by atoms with Gasteiger partial charge in [-0.25, -0.2) is 4.79 Å². The van der Waals surface area contributed by atoms with Gasteiger partial charge in [-0.15, -0.1) is 0 Å². The second kappa shape index (κ2) is 9.28. The van der Waals surface area contributed by atoms with E-state index >= 15 is 0 Å². The van der Waals surface area contributed by atoms with Gasteiger partial charge in [-0.2, -0.15) is 0 Å². The molecule has 1 saturated heterocycles. The second-order valence-electron chi connectivity index (χ2n) is 7.90. The Morgan fingerprint density at radius 1 is 1.35 bits per heavy atom. The molecule has 0 aliphatic carbocycles. The van der Waals surface area contributed by atoms with E-state index < -0.39 is 0 Å². The summed E-state index contributed by atoms with van der Waals surface area (Å²) in [4.78, 5) is 14.5. The average molecular weight is 325 g/mol. The molecule has 23 heavy (non-hydrogen) atoms. The molecule has 134 valence electrons. The van der Waals surface area contributed by atoms with Crippen molar-refractivity contribution in [3.05, 3.63) is 11.6 Å². The zero-order valence-corrected chi connectivity index (χ0v) is 15.5. The minimum absolute atomic E-state index is 0.0913. The Hall–Kier alpha value is -1.07. The van der Waals surface area contributed by atoms with Crippen molar-refractivity contribution in [1.82, 2.24) is 15.5 Å². The SMILES string of the molecule is CC(C)=CCN1CCC(NC(=O)NCC(C)(C)C[C@@H](C)O)CC1. The van der Waals surface area contributed by atoms with Crippen molar-refractivity contribution < 1.29 is 9.90 Å². The highest BCUT2D eigenvalue weighted by Gasteiger charge is 2.23. The maximum absolute atomic E-state index is 12.0. The minimum Gasteiger partial charge on any atom is -0.393 e. The molecular formula is C18H35N3O2. The van der Waals surface area contributed by atoms with Crippen LogP contribution in [0.25, 0.3) is 0 Å². The summed E-state index contributed by atoms with van der Waals surface area (Å²) in [5, 5.41) is 15.5. The van der Waals surface area contributed by atoms with Gasteiger partial charge >= 0.3 is 6.03 Å². The van der Waals surface area contributed by atoms with E-state index in [2.05, 4.69) is 49.3 Å². The Bertz CT molecular complexity index is 393. The van der Waals surface area contributed by atoms with E-state index in [0.717, 1.165) is 32.5 Å². The number of piperidine rings is 1. The Morgan fingerprint density at radius 3 is 2.48 bits per heavy atom. The molecule has 0 spiro atoms. The van der Waals surface area contributed by atoms with Crippen LogP contribution in [-0.2, 0) is 0 Å². The lowest BCUT2D eigenvalue weighted by atomic mass is 9.87. The van der Waals surface area contributed by atoms with Crippen LogP contribution < -0.4 is 10.6 Å². The maximum Gasteiger partial charge on any atom is 0.315 e. The Labute approximate surface area is 141 Å². The number of allylic oxidation sites excluding steroid dienone is 1. The van der Waals surface area contributed by atoms with E-state index in [1.165, 1.54) is 5.57 Å². The zero-order chi connectivity index (χ0) is 17.5. The first-order chi connectivity index (χ1) is 10.7. The summed E-state index contributed by atoms with van der Waals surface area (Å²) in [6, 6.07) is 0.171. The van der Waals surface area contributed by atoms with Crippen LogP contribution in [0.3, 0.4) is 0 Å². The molecule has 0 saturated carbocycles. The smallest absolute Gasteiger partial charge is 0.315 e. The summed E-state index contributed by atoms with van der Waals surface area (Å²) in [6.45, 7) is 13.8. The fourth-order valence-corrected chi connectivity index (χ4v) is 3.00. The van der Waals surface area contributed by atoms with Gasteiger partial charge in [0.25, 0.3) is 0 Å². The first kappa shape index (κ1) is 20.0. The number of amides is 2. The lowest BCUT2D eigenvalue weighted by Gasteiger charge is -2.32. The predicted molar refractivity (Wildman–Crippen MR) is 95.5 cm³/mol. The number of rotatable bonds is 7. The Kier molecular flexibility index (Phi) is 8.06. The molecule has 2 amide bonds. The van der Waals surface area contributed by atoms with E-state index in [0.29, 0.717) is 13.0 Å². The fraction of sp³-hybridized carbons (Fsp3) is 0.833. The zero-order valence-electron chi connectivity index (χ0n) is 15.5. The molecule has 0 radical (unpaired) electrons. The van der Waals surface area contributed by atoms with Crippen molar-refractivity contribution in [3.63, 3.8) is 0 Å². The number of likely N-dealkylation sites (tertiary alicyclic amines) is 1. The van der Waals surface area contributed by atoms with Gasteiger partial charge in [-0.05, 0) is 45.4 Å². The van der Waals surface area contributed by atoms with E-state index in [1.54, 1.807) is 6.92 Å². The van der Waals surface area contributed by atoms with Crippen LogP contribution >= 0.6 is 0 Å². The van der Waals surface area contributed by atoms with Crippen molar-refractivity contribution in [1.29, 1.82) is 0 Å². The van der Waals surface area contributed by atoms with Gasteiger partial charge in [0.1, 0.15) is 0 Å². The lowest BCUT2D eigenvalue weighted by Crippen LogP contribution is -2.49. The molecule has 1 rings (SSSR count). The van der Waals surface area contributed by atoms with Crippen molar-refractivity contribution in [3.8, 4) is 0 Å². The molecule has 0 aromatic heterocycles. The molecule has 1 heterocycles. The van der Waals surface area contributed by atoms with Crippen LogP contribution in [-0.4, -0.2) is 54.4 Å². The van der Waals surface area contributed by atoms with Crippen LogP contribution in [0.5, 0.6) is 0 Å². The summed E-state index contributed by atoms with van der Waals surface area (Å²) in [5.41, 5.74) is 1.25. The van der Waals surface area contributed by atoms with Crippen LogP contribution in [0.2, 0.25) is 0 Å². The molecule has 0 bridgehead atoms. The third-order valence-corrected chi connectivity index (χ3v) is 4.26. The van der Waals surface area contributed by atoms with Gasteiger partial charge in [-0.1, -0.05) is 25.5 Å².